The van der Waals surface area contributed by atoms with E-state index in [1.54, 1.807) is 0 Å². The van der Waals surface area contributed by atoms with Gasteiger partial charge in [0.25, 0.3) is 5.91 Å². The van der Waals surface area contributed by atoms with Crippen LogP contribution in [0.15, 0.2) is 58.1 Å². The first kappa shape index (κ1) is 17.2. The maximum Gasteiger partial charge on any atom is 0.277 e. The van der Waals surface area contributed by atoms with E-state index in [0.717, 1.165) is 22.2 Å². The quantitative estimate of drug-likeness (QED) is 0.614. The van der Waals surface area contributed by atoms with Crippen molar-refractivity contribution in [1.29, 1.82) is 0 Å². The lowest BCUT2D eigenvalue weighted by Crippen LogP contribution is -2.25. The van der Waals surface area contributed by atoms with Gasteiger partial charge in [0, 0.05) is 4.47 Å². The monoisotopic (exact) mass is 374 g/mol. The van der Waals surface area contributed by atoms with E-state index in [1.807, 2.05) is 55.5 Å². The Morgan fingerprint density at radius 3 is 2.39 bits per heavy atom. The molecule has 0 saturated carbocycles. The minimum atomic E-state index is -0.291. The fourth-order valence-electron chi connectivity index (χ4n) is 1.90. The summed E-state index contributed by atoms with van der Waals surface area (Å²) in [6.45, 7) is 3.87. The third-order valence-electron chi connectivity index (χ3n) is 3.31. The van der Waals surface area contributed by atoms with E-state index in [-0.39, 0.29) is 12.5 Å². The standard InChI is InChI=1S/C18H19BrN2O2/c1-3-14-4-10-17(11-5-14)23-12-18(22)21-20-13(2)15-6-8-16(19)9-7-15/h4-11H,3,12H2,1-2H3,(H,21,22)/b20-13+. The van der Waals surface area contributed by atoms with Crippen LogP contribution in [-0.2, 0) is 11.2 Å². The maximum atomic E-state index is 11.8. The van der Waals surface area contributed by atoms with E-state index in [4.69, 9.17) is 4.74 Å². The fraction of sp³-hybridized carbons (Fsp3) is 0.222. The van der Waals surface area contributed by atoms with Gasteiger partial charge < -0.3 is 4.74 Å². The van der Waals surface area contributed by atoms with Crippen molar-refractivity contribution in [3.05, 3.63) is 64.1 Å². The van der Waals surface area contributed by atoms with Crippen molar-refractivity contribution in [2.45, 2.75) is 20.3 Å². The molecular weight excluding hydrogens is 356 g/mol. The van der Waals surface area contributed by atoms with Crippen LogP contribution in [0.2, 0.25) is 0 Å². The highest BCUT2D eigenvalue weighted by molar-refractivity contribution is 9.10. The molecule has 0 heterocycles. The van der Waals surface area contributed by atoms with Crippen molar-refractivity contribution in [2.75, 3.05) is 6.61 Å². The van der Waals surface area contributed by atoms with Gasteiger partial charge in [-0.2, -0.15) is 5.10 Å². The number of aryl methyl sites for hydroxylation is 1. The van der Waals surface area contributed by atoms with E-state index in [9.17, 15) is 4.79 Å². The predicted molar refractivity (Wildman–Crippen MR) is 95.8 cm³/mol. The lowest BCUT2D eigenvalue weighted by atomic mass is 10.1. The van der Waals surface area contributed by atoms with Crippen LogP contribution in [0, 0.1) is 0 Å². The molecule has 0 fully saturated rings. The summed E-state index contributed by atoms with van der Waals surface area (Å²) in [6.07, 6.45) is 0.977. The second kappa shape index (κ2) is 8.48. The van der Waals surface area contributed by atoms with Gasteiger partial charge in [0.15, 0.2) is 6.61 Å². The molecule has 0 aliphatic rings. The first-order chi connectivity index (χ1) is 11.1. The Morgan fingerprint density at radius 1 is 1.13 bits per heavy atom. The fourth-order valence-corrected chi connectivity index (χ4v) is 2.17. The normalized spacial score (nSPS) is 11.2. The summed E-state index contributed by atoms with van der Waals surface area (Å²) in [5.41, 5.74) is 5.42. The SMILES string of the molecule is CCc1ccc(OCC(=O)N/N=C(\C)c2ccc(Br)cc2)cc1. The maximum absolute atomic E-state index is 11.8. The molecule has 4 nitrogen and oxygen atoms in total. The highest BCUT2D eigenvalue weighted by Crippen LogP contribution is 2.12. The molecule has 120 valence electrons. The summed E-state index contributed by atoms with van der Waals surface area (Å²) in [5.74, 6) is 0.381. The van der Waals surface area contributed by atoms with Gasteiger partial charge >= 0.3 is 0 Å². The number of nitrogens with one attached hydrogen (secondary N) is 1. The van der Waals surface area contributed by atoms with Crippen molar-refractivity contribution in [3.63, 3.8) is 0 Å². The van der Waals surface area contributed by atoms with E-state index in [0.29, 0.717) is 5.75 Å². The van der Waals surface area contributed by atoms with Crippen LogP contribution < -0.4 is 10.2 Å². The zero-order chi connectivity index (χ0) is 16.7. The topological polar surface area (TPSA) is 50.7 Å². The molecule has 0 aliphatic carbocycles. The molecule has 2 aromatic rings. The first-order valence-corrected chi connectivity index (χ1v) is 8.18. The molecule has 1 amide bonds. The molecule has 0 spiro atoms. The summed E-state index contributed by atoms with van der Waals surface area (Å²) < 4.78 is 6.43. The summed E-state index contributed by atoms with van der Waals surface area (Å²) in [6, 6.07) is 15.4. The second-order valence-corrected chi connectivity index (χ2v) is 5.94. The molecule has 0 bridgehead atoms. The van der Waals surface area contributed by atoms with Crippen LogP contribution in [0.3, 0.4) is 0 Å². The highest BCUT2D eigenvalue weighted by atomic mass is 79.9. The van der Waals surface area contributed by atoms with Crippen LogP contribution in [-0.4, -0.2) is 18.2 Å². The number of hydrogen-bond donors (Lipinski definition) is 1. The zero-order valence-corrected chi connectivity index (χ0v) is 14.8. The molecule has 1 N–H and O–H groups in total. The van der Waals surface area contributed by atoms with Gasteiger partial charge in [-0.25, -0.2) is 5.43 Å². The van der Waals surface area contributed by atoms with Crippen LogP contribution in [0.4, 0.5) is 0 Å². The molecule has 5 heteroatoms. The predicted octanol–water partition coefficient (Wildman–Crippen LogP) is 3.93. The van der Waals surface area contributed by atoms with Gasteiger partial charge in [0.05, 0.1) is 5.71 Å². The van der Waals surface area contributed by atoms with Gasteiger partial charge in [-0.3, -0.25) is 4.79 Å². The highest BCUT2D eigenvalue weighted by Gasteiger charge is 2.03. The summed E-state index contributed by atoms with van der Waals surface area (Å²) in [5, 5.41) is 4.09. The van der Waals surface area contributed by atoms with Gasteiger partial charge in [-0.1, -0.05) is 47.1 Å². The third-order valence-corrected chi connectivity index (χ3v) is 3.84. The van der Waals surface area contributed by atoms with E-state index >= 15 is 0 Å². The summed E-state index contributed by atoms with van der Waals surface area (Å²) >= 11 is 3.38. The number of carbonyl (C=O) groups is 1. The smallest absolute Gasteiger partial charge is 0.277 e. The van der Waals surface area contributed by atoms with Crippen molar-refractivity contribution < 1.29 is 9.53 Å². The Balaban J connectivity index is 1.84. The van der Waals surface area contributed by atoms with Gasteiger partial charge in [0.2, 0.25) is 0 Å². The Labute approximate surface area is 144 Å². The number of nitrogens with zero attached hydrogens (tertiary/aromatic N) is 1. The number of ether oxygens (including phenoxy) is 1. The van der Waals surface area contributed by atoms with Crippen LogP contribution in [0.25, 0.3) is 0 Å². The van der Waals surface area contributed by atoms with Crippen LogP contribution in [0.5, 0.6) is 5.75 Å². The third kappa shape index (κ3) is 5.53. The minimum absolute atomic E-state index is 0.0669. The average molecular weight is 375 g/mol. The molecule has 23 heavy (non-hydrogen) atoms. The largest absolute Gasteiger partial charge is 0.484 e. The second-order valence-electron chi connectivity index (χ2n) is 5.03. The van der Waals surface area contributed by atoms with Crippen molar-refractivity contribution in [1.82, 2.24) is 5.43 Å². The van der Waals surface area contributed by atoms with Crippen LogP contribution >= 0.6 is 15.9 Å². The van der Waals surface area contributed by atoms with Crippen LogP contribution in [0.1, 0.15) is 25.0 Å². The van der Waals surface area contributed by atoms with Crippen molar-refractivity contribution >= 4 is 27.5 Å². The Kier molecular flexibility index (Phi) is 6.35. The lowest BCUT2D eigenvalue weighted by molar-refractivity contribution is -0.123. The number of benzene rings is 2. The number of amides is 1. The number of hydrogen-bond acceptors (Lipinski definition) is 3. The Morgan fingerprint density at radius 2 is 1.78 bits per heavy atom. The first-order valence-electron chi connectivity index (χ1n) is 7.39. The van der Waals surface area contributed by atoms with E-state index < -0.39 is 0 Å². The number of rotatable bonds is 6. The molecule has 0 atom stereocenters. The van der Waals surface area contributed by atoms with Gasteiger partial charge in [0.1, 0.15) is 5.75 Å². The molecule has 0 aliphatic heterocycles. The number of halogens is 1. The Hall–Kier alpha value is -2.14. The summed E-state index contributed by atoms with van der Waals surface area (Å²) in [4.78, 5) is 11.8. The average Bonchev–Trinajstić information content (AvgIpc) is 2.59. The molecule has 0 radical (unpaired) electrons. The molecule has 0 unspecified atom stereocenters. The van der Waals surface area contributed by atoms with E-state index in [2.05, 4.69) is 33.4 Å². The molecular formula is C18H19BrN2O2. The molecule has 2 aromatic carbocycles. The van der Waals surface area contributed by atoms with Crippen molar-refractivity contribution in [3.8, 4) is 5.75 Å². The molecule has 0 saturated heterocycles. The van der Waals surface area contributed by atoms with Gasteiger partial charge in [-0.15, -0.1) is 0 Å². The minimum Gasteiger partial charge on any atom is -0.484 e. The Bertz CT molecular complexity index is 679. The lowest BCUT2D eigenvalue weighted by Gasteiger charge is -2.06. The molecule has 2 rings (SSSR count). The zero-order valence-electron chi connectivity index (χ0n) is 13.2. The van der Waals surface area contributed by atoms with E-state index in [1.165, 1.54) is 5.56 Å². The number of carbonyl (C=O) groups excluding carboxylic acids is 1. The summed E-state index contributed by atoms with van der Waals surface area (Å²) in [7, 11) is 0. The number of hydrazone groups is 1. The molecule has 0 aromatic heterocycles. The van der Waals surface area contributed by atoms with Crippen molar-refractivity contribution in [2.24, 2.45) is 5.10 Å². The van der Waals surface area contributed by atoms with Gasteiger partial charge in [-0.05, 0) is 48.7 Å².